The SMILES string of the molecule is C[C@@H](CC(=O)N1C2CCC(C2)C1C#N)NCc1ccc(F)cc1. The van der Waals surface area contributed by atoms with Gasteiger partial charge in [0.2, 0.25) is 5.91 Å². The minimum absolute atomic E-state index is 0.0195. The van der Waals surface area contributed by atoms with Crippen molar-refractivity contribution in [1.82, 2.24) is 10.2 Å². The minimum Gasteiger partial charge on any atom is -0.323 e. The standard InChI is InChI=1S/C18H22FN3O/c1-12(21-11-13-2-5-15(19)6-3-13)8-18(23)22-16-7-4-14(9-16)17(22)10-20/h2-3,5-6,12,14,16-17,21H,4,7-9,11H2,1H3/t12-,14?,16?,17?/m0/s1. The number of carbonyl (C=O) groups is 1. The van der Waals surface area contributed by atoms with Crippen LogP contribution in [-0.4, -0.2) is 28.9 Å². The summed E-state index contributed by atoms with van der Waals surface area (Å²) in [7, 11) is 0. The maximum Gasteiger partial charge on any atom is 0.225 e. The van der Waals surface area contributed by atoms with E-state index in [-0.39, 0.29) is 29.8 Å². The lowest BCUT2D eigenvalue weighted by atomic mass is 9.99. The lowest BCUT2D eigenvalue weighted by molar-refractivity contribution is -0.134. The van der Waals surface area contributed by atoms with Crippen molar-refractivity contribution >= 4 is 5.91 Å². The van der Waals surface area contributed by atoms with Gasteiger partial charge in [0.1, 0.15) is 11.9 Å². The second-order valence-electron chi connectivity index (χ2n) is 6.71. The van der Waals surface area contributed by atoms with Crippen LogP contribution >= 0.6 is 0 Å². The topological polar surface area (TPSA) is 56.1 Å². The maximum absolute atomic E-state index is 12.9. The van der Waals surface area contributed by atoms with E-state index in [1.165, 1.54) is 12.1 Å². The molecule has 0 aromatic heterocycles. The molecule has 1 aromatic rings. The van der Waals surface area contributed by atoms with Crippen LogP contribution in [0, 0.1) is 23.1 Å². The van der Waals surface area contributed by atoms with Crippen LogP contribution in [0.3, 0.4) is 0 Å². The molecule has 2 bridgehead atoms. The van der Waals surface area contributed by atoms with Crippen molar-refractivity contribution in [2.45, 2.75) is 57.3 Å². The average Bonchev–Trinajstić information content (AvgIpc) is 3.14. The van der Waals surface area contributed by atoms with Gasteiger partial charge in [-0.05, 0) is 49.8 Å². The number of halogens is 1. The summed E-state index contributed by atoms with van der Waals surface area (Å²) in [6.45, 7) is 2.57. The molecule has 1 saturated carbocycles. The quantitative estimate of drug-likeness (QED) is 0.908. The highest BCUT2D eigenvalue weighted by molar-refractivity contribution is 5.78. The van der Waals surface area contributed by atoms with E-state index in [4.69, 9.17) is 0 Å². The van der Waals surface area contributed by atoms with Gasteiger partial charge in [0.05, 0.1) is 6.07 Å². The van der Waals surface area contributed by atoms with Crippen molar-refractivity contribution in [1.29, 1.82) is 5.26 Å². The first-order chi connectivity index (χ1) is 11.1. The van der Waals surface area contributed by atoms with Crippen molar-refractivity contribution in [2.75, 3.05) is 0 Å². The van der Waals surface area contributed by atoms with Crippen LogP contribution in [0.15, 0.2) is 24.3 Å². The van der Waals surface area contributed by atoms with Gasteiger partial charge < -0.3 is 10.2 Å². The Morgan fingerprint density at radius 2 is 2.17 bits per heavy atom. The number of hydrogen-bond donors (Lipinski definition) is 1. The first kappa shape index (κ1) is 15.9. The van der Waals surface area contributed by atoms with E-state index in [0.29, 0.717) is 18.9 Å². The molecule has 4 atom stereocenters. The summed E-state index contributed by atoms with van der Waals surface area (Å²) < 4.78 is 12.9. The highest BCUT2D eigenvalue weighted by Gasteiger charge is 2.48. The molecule has 1 aliphatic carbocycles. The Hall–Kier alpha value is -1.93. The molecule has 2 fully saturated rings. The highest BCUT2D eigenvalue weighted by atomic mass is 19.1. The Balaban J connectivity index is 1.51. The van der Waals surface area contributed by atoms with Gasteiger partial charge in [-0.2, -0.15) is 5.26 Å². The summed E-state index contributed by atoms with van der Waals surface area (Å²) >= 11 is 0. The van der Waals surface area contributed by atoms with Crippen LogP contribution in [0.2, 0.25) is 0 Å². The number of benzene rings is 1. The number of piperidine rings is 1. The van der Waals surface area contributed by atoms with E-state index in [9.17, 15) is 14.4 Å². The molecule has 1 aromatic carbocycles. The summed E-state index contributed by atoms with van der Waals surface area (Å²) in [5.74, 6) is 0.197. The van der Waals surface area contributed by atoms with E-state index in [0.717, 1.165) is 24.8 Å². The van der Waals surface area contributed by atoms with Crippen LogP contribution < -0.4 is 5.32 Å². The number of nitriles is 1. The van der Waals surface area contributed by atoms with E-state index in [2.05, 4.69) is 11.4 Å². The number of amides is 1. The molecule has 1 amide bonds. The van der Waals surface area contributed by atoms with Crippen molar-refractivity contribution in [3.63, 3.8) is 0 Å². The predicted molar refractivity (Wildman–Crippen MR) is 84.7 cm³/mol. The van der Waals surface area contributed by atoms with Crippen molar-refractivity contribution in [3.05, 3.63) is 35.6 Å². The molecule has 122 valence electrons. The molecule has 1 N–H and O–H groups in total. The second-order valence-corrected chi connectivity index (χ2v) is 6.71. The van der Waals surface area contributed by atoms with Crippen LogP contribution in [0.25, 0.3) is 0 Å². The number of likely N-dealkylation sites (tertiary alicyclic amines) is 1. The van der Waals surface area contributed by atoms with Gasteiger partial charge in [0, 0.05) is 25.0 Å². The summed E-state index contributed by atoms with van der Waals surface area (Å²) in [6, 6.07) is 8.71. The number of rotatable bonds is 5. The summed E-state index contributed by atoms with van der Waals surface area (Å²) in [6.07, 6.45) is 3.49. The Kier molecular flexibility index (Phi) is 4.63. The monoisotopic (exact) mass is 315 g/mol. The van der Waals surface area contributed by atoms with Crippen molar-refractivity contribution in [2.24, 2.45) is 5.92 Å². The number of carbonyl (C=O) groups excluding carboxylic acids is 1. The molecule has 1 saturated heterocycles. The van der Waals surface area contributed by atoms with Gasteiger partial charge in [-0.3, -0.25) is 4.79 Å². The minimum atomic E-state index is -0.247. The smallest absolute Gasteiger partial charge is 0.225 e. The van der Waals surface area contributed by atoms with E-state index < -0.39 is 0 Å². The van der Waals surface area contributed by atoms with Crippen LogP contribution in [0.1, 0.15) is 38.2 Å². The molecule has 5 heteroatoms. The average molecular weight is 315 g/mol. The number of nitrogens with one attached hydrogen (secondary N) is 1. The molecule has 1 heterocycles. The molecule has 1 aliphatic heterocycles. The zero-order valence-corrected chi connectivity index (χ0v) is 13.3. The molecule has 3 rings (SSSR count). The molecular formula is C18H22FN3O. The summed E-state index contributed by atoms with van der Waals surface area (Å²) in [5.41, 5.74) is 0.987. The Morgan fingerprint density at radius 1 is 1.43 bits per heavy atom. The van der Waals surface area contributed by atoms with Gasteiger partial charge >= 0.3 is 0 Å². The van der Waals surface area contributed by atoms with Crippen LogP contribution in [-0.2, 0) is 11.3 Å². The summed E-state index contributed by atoms with van der Waals surface area (Å²) in [4.78, 5) is 14.4. The van der Waals surface area contributed by atoms with E-state index in [1.807, 2.05) is 11.8 Å². The van der Waals surface area contributed by atoms with Gasteiger partial charge in [0.25, 0.3) is 0 Å². The fourth-order valence-electron chi connectivity index (χ4n) is 3.85. The predicted octanol–water partition coefficient (Wildman–Crippen LogP) is 2.60. The number of fused-ring (bicyclic) bond motifs is 2. The Labute approximate surface area is 136 Å². The van der Waals surface area contributed by atoms with Crippen molar-refractivity contribution < 1.29 is 9.18 Å². The lowest BCUT2D eigenvalue weighted by Gasteiger charge is -2.32. The van der Waals surface area contributed by atoms with Gasteiger partial charge in [0.15, 0.2) is 0 Å². The van der Waals surface area contributed by atoms with Gasteiger partial charge in [-0.1, -0.05) is 12.1 Å². The third-order valence-corrected chi connectivity index (χ3v) is 5.05. The molecule has 0 spiro atoms. The van der Waals surface area contributed by atoms with E-state index >= 15 is 0 Å². The van der Waals surface area contributed by atoms with E-state index in [1.54, 1.807) is 12.1 Å². The number of hydrogen-bond acceptors (Lipinski definition) is 3. The van der Waals surface area contributed by atoms with Crippen molar-refractivity contribution in [3.8, 4) is 6.07 Å². The molecule has 0 radical (unpaired) electrons. The molecule has 2 aliphatic rings. The fourth-order valence-corrected chi connectivity index (χ4v) is 3.85. The second kappa shape index (κ2) is 6.67. The first-order valence-corrected chi connectivity index (χ1v) is 8.27. The molecule has 3 unspecified atom stereocenters. The van der Waals surface area contributed by atoms with Gasteiger partial charge in [-0.25, -0.2) is 4.39 Å². The largest absolute Gasteiger partial charge is 0.323 e. The zero-order valence-electron chi connectivity index (χ0n) is 13.3. The maximum atomic E-state index is 12.9. The first-order valence-electron chi connectivity index (χ1n) is 8.27. The summed E-state index contributed by atoms with van der Waals surface area (Å²) in [5, 5.41) is 12.6. The Morgan fingerprint density at radius 3 is 2.87 bits per heavy atom. The Bertz CT molecular complexity index is 610. The number of nitrogens with zero attached hydrogens (tertiary/aromatic N) is 2. The molecule has 23 heavy (non-hydrogen) atoms. The fraction of sp³-hybridized carbons (Fsp3) is 0.556. The molecular weight excluding hydrogens is 293 g/mol. The lowest BCUT2D eigenvalue weighted by Crippen LogP contribution is -2.46. The zero-order chi connectivity index (χ0) is 16.4. The third kappa shape index (κ3) is 3.37. The highest BCUT2D eigenvalue weighted by Crippen LogP contribution is 2.42. The van der Waals surface area contributed by atoms with Crippen LogP contribution in [0.5, 0.6) is 0 Å². The van der Waals surface area contributed by atoms with Gasteiger partial charge in [-0.15, -0.1) is 0 Å². The normalized spacial score (nSPS) is 27.0. The third-order valence-electron chi connectivity index (χ3n) is 5.05. The van der Waals surface area contributed by atoms with Crippen LogP contribution in [0.4, 0.5) is 4.39 Å². The molecule has 4 nitrogen and oxygen atoms in total.